The summed E-state index contributed by atoms with van der Waals surface area (Å²) >= 11 is 41.4. The molecule has 34 heteroatoms. The summed E-state index contributed by atoms with van der Waals surface area (Å²) in [5.41, 5.74) is 5.84. The number of ether oxygens (including phenoxy) is 2. The van der Waals surface area contributed by atoms with Gasteiger partial charge in [0.15, 0.2) is 39.8 Å². The number of carboxylic acid groups (broad SMARTS) is 2. The van der Waals surface area contributed by atoms with Gasteiger partial charge in [0, 0.05) is 85.1 Å². The van der Waals surface area contributed by atoms with Crippen LogP contribution >= 0.6 is 227 Å². The summed E-state index contributed by atoms with van der Waals surface area (Å²) in [5, 5.41) is 82.9. The number of aromatic carboxylic acids is 2. The Hall–Kier alpha value is -4.98. The van der Waals surface area contributed by atoms with Crippen molar-refractivity contribution in [2.24, 2.45) is 0 Å². The molecule has 9 aromatic carbocycles. The number of carbonyl (C=O) groups is 3. The molecule has 0 amide bonds. The average Bonchev–Trinajstić information content (AvgIpc) is 1.57. The minimum Gasteiger partial charge on any atom is -0.870 e. The number of hydrogen-bond acceptors (Lipinski definition) is 19. The Kier molecular flexibility index (Phi) is 27.9. The third kappa shape index (κ3) is 16.2. The second kappa shape index (κ2) is 35.5. The van der Waals surface area contributed by atoms with Crippen LogP contribution in [0.5, 0.6) is 46.0 Å². The van der Waals surface area contributed by atoms with Crippen molar-refractivity contribution in [3.8, 4) is 113 Å². The Bertz CT molecular complexity index is 6560. The normalized spacial score (nSPS) is 12.0. The van der Waals surface area contributed by atoms with Crippen molar-refractivity contribution in [2.75, 3.05) is 0 Å². The molecule has 17 rings (SSSR count). The first-order valence-electron chi connectivity index (χ1n) is 31.2. The number of fused-ring (bicyclic) bond motifs is 12. The quantitative estimate of drug-likeness (QED) is 0.0123. The molecule has 113 heavy (non-hydrogen) atoms. The first-order valence-corrected chi connectivity index (χ1v) is 41.4. The van der Waals surface area contributed by atoms with E-state index in [1.165, 1.54) is 66.7 Å². The number of esters is 1. The maximum atomic E-state index is 12.9. The van der Waals surface area contributed by atoms with E-state index in [1.54, 1.807) is 48.5 Å². The Balaban J connectivity index is 0.000000148. The van der Waals surface area contributed by atoms with Crippen molar-refractivity contribution >= 4 is 278 Å². The number of carbonyl (C=O) groups excluding carboxylic acids is 2. The van der Waals surface area contributed by atoms with Crippen molar-refractivity contribution in [3.05, 3.63) is 283 Å². The van der Waals surface area contributed by atoms with E-state index in [0.717, 1.165) is 18.1 Å². The summed E-state index contributed by atoms with van der Waals surface area (Å²) in [7, 11) is 0. The SMILES string of the molecule is O=C(O)c1c(Cl)c(Cl)c(Cl)c(Cl)c1-c1c2ccc(=O)cc-2oc2cc(O)ccc12.O=C([O-])c1ccccc1-c1c2cc(I)c(=O)c(I)c-2oc2c(I)[c-]c(I)cc12.O=C1OC2(c3ccccc31)c1cc(I)c(O)c(I)c1Oc1c2cc(I)c(O)c1I.O=c1cc2oc3cc(O)c(O)cc3c(-c3ccccc3)c-2cc1O.[Na+].[Na+].[OH-]. The molecule has 0 aromatic heterocycles. The van der Waals surface area contributed by atoms with Crippen molar-refractivity contribution in [1.29, 1.82) is 0 Å². The van der Waals surface area contributed by atoms with Gasteiger partial charge in [-0.1, -0.05) is 177 Å². The summed E-state index contributed by atoms with van der Waals surface area (Å²) in [5.74, 6) is -2.17. The predicted octanol–water partition coefficient (Wildman–Crippen LogP) is 15.3. The van der Waals surface area contributed by atoms with Crippen molar-refractivity contribution < 1.29 is 143 Å². The maximum absolute atomic E-state index is 12.9. The van der Waals surface area contributed by atoms with Crippen LogP contribution in [0.3, 0.4) is 0 Å². The molecule has 0 atom stereocenters. The molecule has 0 saturated carbocycles. The van der Waals surface area contributed by atoms with Crippen LogP contribution in [0.25, 0.3) is 100 Å². The van der Waals surface area contributed by atoms with E-state index in [2.05, 4.69) is 96.4 Å². The van der Waals surface area contributed by atoms with Crippen LogP contribution < -0.4 is 85.2 Å². The molecule has 0 unspecified atom stereocenters. The average molecular weight is 2510 g/mol. The molecule has 0 radical (unpaired) electrons. The number of phenols is 6. The minimum atomic E-state index is -1.37. The van der Waals surface area contributed by atoms with Gasteiger partial charge in [0.05, 0.1) is 66.2 Å². The fourth-order valence-corrected chi connectivity index (χ4v) is 21.1. The van der Waals surface area contributed by atoms with Crippen LogP contribution in [0.15, 0.2) is 191 Å². The van der Waals surface area contributed by atoms with Crippen LogP contribution in [-0.2, 0) is 10.3 Å². The van der Waals surface area contributed by atoms with Crippen molar-refractivity contribution in [3.63, 3.8) is 0 Å². The largest absolute Gasteiger partial charge is 1.00 e. The zero-order valence-electron chi connectivity index (χ0n) is 56.6. The number of halogens is 12. The number of aromatic hydroxyl groups is 6. The van der Waals surface area contributed by atoms with Gasteiger partial charge in [0.2, 0.25) is 10.9 Å². The fourth-order valence-electron chi connectivity index (χ4n) is 12.9. The molecule has 1 spiro atoms. The van der Waals surface area contributed by atoms with Crippen LogP contribution in [0.2, 0.25) is 20.1 Å². The smallest absolute Gasteiger partial charge is 0.870 e. The third-order valence-electron chi connectivity index (χ3n) is 17.6. The summed E-state index contributed by atoms with van der Waals surface area (Å²) in [6, 6.07) is 47.4. The van der Waals surface area contributed by atoms with Gasteiger partial charge in [-0.15, -0.1) is 6.07 Å². The van der Waals surface area contributed by atoms with Gasteiger partial charge in [-0.05, 0) is 213 Å². The second-order valence-corrected chi connectivity index (χ2v) is 34.5. The van der Waals surface area contributed by atoms with Crippen LogP contribution in [0.1, 0.15) is 47.8 Å². The summed E-state index contributed by atoms with van der Waals surface area (Å²) in [6.45, 7) is 0. The molecule has 20 nitrogen and oxygen atoms in total. The standard InChI is InChI=1S/C20H8Cl4O5.C20H8I4O5.C20H7I4O4.C19H12O5.2Na.H2O/c21-16-14(15(20(27)28)17(22)19(24)18(16)23)13-9-3-1-7(25)5-11(9)29-12-6-8(26)2-4-10(12)13;21-11-5-9-17(13(23)15(11)25)28-18-10(6-12(22)16(26)14(18)24)20(9)8-4-2-1-3-7(8)19(27)29-20;21-8-5-11-15(9-3-1-2-4-10(9)20(26)27)12-7-13(22)17(25)16(24)19(12)28-18(11)14(23)6-8;20-13-6-11-17(8-15(13)22)24-18-9-16(23)14(21)7-12(18)19(11)10-4-2-1-3-5-10;;;/h1-6,25H,(H,27,28);1-6,25-26H;1-5,7H,(H,26,27);1-9,20-22H;;;1H2/q;;-1;;2*+1;/p-2. The first-order chi connectivity index (χ1) is 52.3. The number of phenolic OH excluding ortho intramolecular Hbond substituents is 6. The molecular weight excluding hydrogens is 2470 g/mol. The van der Waals surface area contributed by atoms with Gasteiger partial charge in [-0.25, -0.2) is 9.59 Å². The Morgan fingerprint density at radius 3 is 1.70 bits per heavy atom. The molecule has 0 fully saturated rings. The number of benzene rings is 12. The molecule has 8 N–H and O–H groups in total. The van der Waals surface area contributed by atoms with Crippen molar-refractivity contribution in [2.45, 2.75) is 5.60 Å². The molecule has 0 bridgehead atoms. The van der Waals surface area contributed by atoms with Crippen LogP contribution in [0, 0.1) is 34.6 Å². The van der Waals surface area contributed by atoms with E-state index in [9.17, 15) is 69.6 Å². The van der Waals surface area contributed by atoms with E-state index in [4.69, 9.17) is 69.1 Å². The topological polar surface area (TPSA) is 355 Å². The molecule has 0 saturated heterocycles. The Morgan fingerprint density at radius 2 is 1.06 bits per heavy atom. The van der Waals surface area contributed by atoms with Gasteiger partial charge in [0.1, 0.15) is 49.3 Å². The minimum absolute atomic E-state index is 0. The van der Waals surface area contributed by atoms with Gasteiger partial charge in [-0.2, -0.15) is 6.07 Å². The van der Waals surface area contributed by atoms with Crippen LogP contribution in [-0.4, -0.2) is 59.1 Å². The molecule has 5 heterocycles. The molecular formula is C79H35Cl4I8Na2O20-. The third-order valence-corrected chi connectivity index (χ3v) is 26.2. The van der Waals surface area contributed by atoms with Gasteiger partial charge < -0.3 is 73.8 Å². The van der Waals surface area contributed by atoms with E-state index in [1.807, 2.05) is 139 Å². The maximum Gasteiger partial charge on any atom is 1.00 e. The number of carboxylic acids is 2. The monoisotopic (exact) mass is 2500 g/mol. The predicted molar refractivity (Wildman–Crippen MR) is 482 cm³/mol. The van der Waals surface area contributed by atoms with E-state index >= 15 is 0 Å². The zero-order valence-corrected chi connectivity index (χ0v) is 80.9. The molecule has 3 aliphatic carbocycles. The summed E-state index contributed by atoms with van der Waals surface area (Å²) in [6.07, 6.45) is 0. The zero-order chi connectivity index (χ0) is 78.7. The van der Waals surface area contributed by atoms with Gasteiger partial charge in [0.25, 0.3) is 0 Å². The first kappa shape index (κ1) is 88.8. The Labute approximate surface area is 809 Å². The van der Waals surface area contributed by atoms with Crippen molar-refractivity contribution in [1.82, 2.24) is 0 Å². The second-order valence-electron chi connectivity index (χ2n) is 24.0. The summed E-state index contributed by atoms with van der Waals surface area (Å²) < 4.78 is 34.9. The number of rotatable bonds is 5. The molecule has 8 aliphatic rings. The molecule has 558 valence electrons. The van der Waals surface area contributed by atoms with E-state index in [-0.39, 0.29) is 164 Å². The van der Waals surface area contributed by atoms with Gasteiger partial charge >= 0.3 is 71.1 Å². The fraction of sp³-hybridized carbons (Fsp3) is 0.0127. The van der Waals surface area contributed by atoms with Crippen LogP contribution in [0.4, 0.5) is 0 Å². The van der Waals surface area contributed by atoms with E-state index < -0.39 is 28.9 Å². The molecule has 9 aromatic rings. The molecule has 5 aliphatic heterocycles. The van der Waals surface area contributed by atoms with Gasteiger partial charge in [-0.3, -0.25) is 14.4 Å². The summed E-state index contributed by atoms with van der Waals surface area (Å²) in [4.78, 5) is 72.8. The van der Waals surface area contributed by atoms with E-state index in [0.29, 0.717) is 122 Å². The number of hydrogen-bond donors (Lipinski definition) is 7. The Morgan fingerprint density at radius 1 is 0.478 bits per heavy atom.